The molecular weight excluding hydrogens is 162 g/mol. The third-order valence-electron chi connectivity index (χ3n) is 3.61. The summed E-state index contributed by atoms with van der Waals surface area (Å²) >= 11 is 0. The first-order valence-electron chi connectivity index (χ1n) is 5.68. The van der Waals surface area contributed by atoms with E-state index in [0.29, 0.717) is 12.0 Å². The van der Waals surface area contributed by atoms with E-state index in [1.54, 1.807) is 0 Å². The first-order valence-corrected chi connectivity index (χ1v) is 5.68. The zero-order valence-electron chi connectivity index (χ0n) is 8.47. The van der Waals surface area contributed by atoms with Crippen LogP contribution in [-0.2, 0) is 0 Å². The molecule has 1 saturated carbocycles. The summed E-state index contributed by atoms with van der Waals surface area (Å²) < 4.78 is 0. The van der Waals surface area contributed by atoms with Gasteiger partial charge in [-0.05, 0) is 50.6 Å². The maximum absolute atomic E-state index is 8.95. The molecule has 0 spiro atoms. The van der Waals surface area contributed by atoms with Crippen molar-refractivity contribution in [3.63, 3.8) is 0 Å². The van der Waals surface area contributed by atoms with Gasteiger partial charge < -0.3 is 10.0 Å². The summed E-state index contributed by atoms with van der Waals surface area (Å²) in [5.74, 6) is 0. The quantitative estimate of drug-likeness (QED) is 0.716. The number of aliphatic hydroxyl groups is 1. The molecule has 0 amide bonds. The Labute approximate surface area is 80.9 Å². The second-order valence-electron chi connectivity index (χ2n) is 4.81. The Bertz CT molecular complexity index is 159. The van der Waals surface area contributed by atoms with Crippen molar-refractivity contribution >= 4 is 0 Å². The summed E-state index contributed by atoms with van der Waals surface area (Å²) in [6, 6.07) is 0. The van der Waals surface area contributed by atoms with E-state index in [1.807, 2.05) is 0 Å². The molecule has 0 aromatic rings. The lowest BCUT2D eigenvalue weighted by molar-refractivity contribution is 0.161. The normalized spacial score (nSPS) is 27.5. The van der Waals surface area contributed by atoms with E-state index < -0.39 is 0 Å². The fourth-order valence-corrected chi connectivity index (χ4v) is 2.49. The summed E-state index contributed by atoms with van der Waals surface area (Å²) in [7, 11) is 0. The maximum atomic E-state index is 8.95. The van der Waals surface area contributed by atoms with Gasteiger partial charge in [0.1, 0.15) is 0 Å². The molecule has 0 unspecified atom stereocenters. The highest BCUT2D eigenvalue weighted by atomic mass is 16.3. The number of hydrogen-bond donors (Lipinski definition) is 1. The molecule has 2 rings (SSSR count). The van der Waals surface area contributed by atoms with Crippen LogP contribution in [-0.4, -0.2) is 36.2 Å². The van der Waals surface area contributed by atoms with Crippen molar-refractivity contribution in [2.75, 3.05) is 26.2 Å². The molecule has 2 aliphatic rings. The predicted molar refractivity (Wildman–Crippen MR) is 53.7 cm³/mol. The van der Waals surface area contributed by atoms with Gasteiger partial charge in [0.25, 0.3) is 0 Å². The first-order chi connectivity index (χ1) is 6.35. The van der Waals surface area contributed by atoms with Crippen LogP contribution in [0, 0.1) is 5.41 Å². The van der Waals surface area contributed by atoms with Crippen LogP contribution in [0.15, 0.2) is 0 Å². The highest BCUT2D eigenvalue weighted by Gasteiger charge is 2.42. The average molecular weight is 183 g/mol. The summed E-state index contributed by atoms with van der Waals surface area (Å²) in [5, 5.41) is 8.95. The monoisotopic (exact) mass is 183 g/mol. The Balaban J connectivity index is 1.76. The van der Waals surface area contributed by atoms with Crippen molar-refractivity contribution in [1.82, 2.24) is 4.90 Å². The van der Waals surface area contributed by atoms with E-state index >= 15 is 0 Å². The first kappa shape index (κ1) is 9.47. The van der Waals surface area contributed by atoms with E-state index in [4.69, 9.17) is 5.11 Å². The van der Waals surface area contributed by atoms with Crippen LogP contribution < -0.4 is 0 Å². The lowest BCUT2D eigenvalue weighted by Crippen LogP contribution is -2.35. The lowest BCUT2D eigenvalue weighted by atomic mass is 10.0. The Morgan fingerprint density at radius 2 is 1.77 bits per heavy atom. The van der Waals surface area contributed by atoms with Gasteiger partial charge in [0.15, 0.2) is 0 Å². The standard InChI is InChI=1S/C11H21NO/c13-9-6-11(4-5-11)10-12-7-2-1-3-8-12/h13H,1-10H2. The van der Waals surface area contributed by atoms with Gasteiger partial charge in [-0.3, -0.25) is 0 Å². The van der Waals surface area contributed by atoms with Gasteiger partial charge in [-0.25, -0.2) is 0 Å². The molecule has 0 atom stereocenters. The summed E-state index contributed by atoms with van der Waals surface area (Å²) in [5.41, 5.74) is 0.534. The SMILES string of the molecule is OCCC1(CN2CCCCC2)CC1. The third kappa shape index (κ3) is 2.44. The van der Waals surface area contributed by atoms with Crippen LogP contribution in [0.3, 0.4) is 0 Å². The lowest BCUT2D eigenvalue weighted by Gasteiger charge is -2.30. The maximum Gasteiger partial charge on any atom is 0.0436 e. The van der Waals surface area contributed by atoms with Crippen LogP contribution in [0.4, 0.5) is 0 Å². The second-order valence-corrected chi connectivity index (χ2v) is 4.81. The fraction of sp³-hybridized carbons (Fsp3) is 1.00. The Morgan fingerprint density at radius 1 is 1.08 bits per heavy atom. The summed E-state index contributed by atoms with van der Waals surface area (Å²) in [6.45, 7) is 4.24. The van der Waals surface area contributed by atoms with Crippen LogP contribution in [0.1, 0.15) is 38.5 Å². The molecule has 76 valence electrons. The number of likely N-dealkylation sites (tertiary alicyclic amines) is 1. The zero-order valence-corrected chi connectivity index (χ0v) is 8.47. The highest BCUT2D eigenvalue weighted by molar-refractivity contribution is 4.95. The molecular formula is C11H21NO. The van der Waals surface area contributed by atoms with E-state index in [0.717, 1.165) is 6.42 Å². The molecule has 2 nitrogen and oxygen atoms in total. The van der Waals surface area contributed by atoms with Gasteiger partial charge in [0, 0.05) is 13.2 Å². The topological polar surface area (TPSA) is 23.5 Å². The smallest absolute Gasteiger partial charge is 0.0436 e. The fourth-order valence-electron chi connectivity index (χ4n) is 2.49. The molecule has 1 N–H and O–H groups in total. The van der Waals surface area contributed by atoms with Crippen LogP contribution in [0.2, 0.25) is 0 Å². The Kier molecular flexibility index (Phi) is 2.89. The van der Waals surface area contributed by atoms with Gasteiger partial charge in [0.05, 0.1) is 0 Å². The molecule has 1 aliphatic heterocycles. The number of piperidine rings is 1. The molecule has 1 aliphatic carbocycles. The molecule has 0 aromatic carbocycles. The van der Waals surface area contributed by atoms with E-state index in [9.17, 15) is 0 Å². The summed E-state index contributed by atoms with van der Waals surface area (Å²) in [4.78, 5) is 2.60. The van der Waals surface area contributed by atoms with Crippen molar-refractivity contribution in [3.05, 3.63) is 0 Å². The third-order valence-corrected chi connectivity index (χ3v) is 3.61. The van der Waals surface area contributed by atoms with Crippen molar-refractivity contribution in [1.29, 1.82) is 0 Å². The van der Waals surface area contributed by atoms with Gasteiger partial charge in [-0.15, -0.1) is 0 Å². The molecule has 0 bridgehead atoms. The Morgan fingerprint density at radius 3 is 2.31 bits per heavy atom. The molecule has 1 saturated heterocycles. The number of hydrogen-bond acceptors (Lipinski definition) is 2. The molecule has 13 heavy (non-hydrogen) atoms. The summed E-state index contributed by atoms with van der Waals surface area (Å²) in [6.07, 6.45) is 7.92. The molecule has 0 aromatic heterocycles. The van der Waals surface area contributed by atoms with Gasteiger partial charge in [-0.1, -0.05) is 6.42 Å². The molecule has 1 heterocycles. The predicted octanol–water partition coefficient (Wildman–Crippen LogP) is 1.63. The highest BCUT2D eigenvalue weighted by Crippen LogP contribution is 2.49. The minimum atomic E-state index is 0.383. The molecule has 2 heteroatoms. The van der Waals surface area contributed by atoms with Gasteiger partial charge >= 0.3 is 0 Å². The van der Waals surface area contributed by atoms with Crippen LogP contribution in [0.5, 0.6) is 0 Å². The van der Waals surface area contributed by atoms with E-state index in [1.165, 1.54) is 51.7 Å². The van der Waals surface area contributed by atoms with Crippen LogP contribution >= 0.6 is 0 Å². The molecule has 0 radical (unpaired) electrons. The van der Waals surface area contributed by atoms with Gasteiger partial charge in [-0.2, -0.15) is 0 Å². The van der Waals surface area contributed by atoms with Crippen molar-refractivity contribution in [2.24, 2.45) is 5.41 Å². The minimum absolute atomic E-state index is 0.383. The molecule has 2 fully saturated rings. The van der Waals surface area contributed by atoms with E-state index in [-0.39, 0.29) is 0 Å². The van der Waals surface area contributed by atoms with Gasteiger partial charge in [0.2, 0.25) is 0 Å². The van der Waals surface area contributed by atoms with Crippen molar-refractivity contribution in [2.45, 2.75) is 38.5 Å². The Hall–Kier alpha value is -0.0800. The van der Waals surface area contributed by atoms with Crippen LogP contribution in [0.25, 0.3) is 0 Å². The van der Waals surface area contributed by atoms with Crippen molar-refractivity contribution in [3.8, 4) is 0 Å². The largest absolute Gasteiger partial charge is 0.396 e. The minimum Gasteiger partial charge on any atom is -0.396 e. The number of aliphatic hydroxyl groups excluding tert-OH is 1. The average Bonchev–Trinajstić information content (AvgIpc) is 2.87. The van der Waals surface area contributed by atoms with E-state index in [2.05, 4.69) is 4.90 Å². The number of nitrogens with zero attached hydrogens (tertiary/aromatic N) is 1. The zero-order chi connectivity index (χ0) is 9.15. The van der Waals surface area contributed by atoms with Crippen molar-refractivity contribution < 1.29 is 5.11 Å². The number of rotatable bonds is 4. The second kappa shape index (κ2) is 3.97.